The molecule has 0 saturated heterocycles. The van der Waals surface area contributed by atoms with Gasteiger partial charge in [-0.1, -0.05) is 25.0 Å². The molecule has 0 aromatic rings. The predicted octanol–water partition coefficient (Wildman–Crippen LogP) is 2.30. The smallest absolute Gasteiger partial charge is 0.160 e. The molecule has 1 N–H and O–H groups in total. The number of fused-ring (bicyclic) bond motifs is 11. The number of aliphatic hydroxyl groups is 1. The number of ketones is 2. The van der Waals surface area contributed by atoms with E-state index >= 15 is 0 Å². The monoisotopic (exact) mass is 298 g/mol. The van der Waals surface area contributed by atoms with E-state index in [1.54, 1.807) is 0 Å². The van der Waals surface area contributed by atoms with Crippen molar-refractivity contribution in [1.82, 2.24) is 0 Å². The number of aliphatic hydroxyl groups excluding tert-OH is 1. The van der Waals surface area contributed by atoms with Gasteiger partial charge in [0.2, 0.25) is 0 Å². The van der Waals surface area contributed by atoms with Crippen molar-refractivity contribution in [2.45, 2.75) is 33.1 Å². The van der Waals surface area contributed by atoms with E-state index in [1.807, 2.05) is 0 Å². The Kier molecular flexibility index (Phi) is 2.19. The minimum atomic E-state index is -0.111. The minimum Gasteiger partial charge on any atom is -0.396 e. The van der Waals surface area contributed by atoms with Crippen molar-refractivity contribution < 1.29 is 14.7 Å². The Morgan fingerprint density at radius 3 is 2.41 bits per heavy atom. The van der Waals surface area contributed by atoms with E-state index in [0.717, 1.165) is 19.3 Å². The third-order valence-electron chi connectivity index (χ3n) is 8.17. The lowest BCUT2D eigenvalue weighted by Gasteiger charge is -2.42. The van der Waals surface area contributed by atoms with Crippen LogP contribution in [0, 0.1) is 40.4 Å². The second-order valence-corrected chi connectivity index (χ2v) is 8.51. The molecule has 0 aromatic carbocycles. The average molecular weight is 298 g/mol. The number of rotatable bonds is 1. The summed E-state index contributed by atoms with van der Waals surface area (Å²) in [5.74, 6) is 1.04. The molecule has 0 spiro atoms. The first-order chi connectivity index (χ1) is 10.4. The molecule has 0 radical (unpaired) electrons. The zero-order valence-electron chi connectivity index (χ0n) is 13.1. The lowest BCUT2D eigenvalue weighted by atomic mass is 9.61. The molecule has 2 fully saturated rings. The van der Waals surface area contributed by atoms with Gasteiger partial charge in [-0.2, -0.15) is 0 Å². The van der Waals surface area contributed by atoms with Gasteiger partial charge in [0.25, 0.3) is 0 Å². The van der Waals surface area contributed by atoms with Gasteiger partial charge in [-0.15, -0.1) is 0 Å². The highest BCUT2D eigenvalue weighted by atomic mass is 16.3. The summed E-state index contributed by atoms with van der Waals surface area (Å²) >= 11 is 0. The Morgan fingerprint density at radius 1 is 1.14 bits per heavy atom. The largest absolute Gasteiger partial charge is 0.396 e. The Bertz CT molecular complexity index is 687. The maximum absolute atomic E-state index is 12.4. The van der Waals surface area contributed by atoms with Crippen LogP contribution in [0.25, 0.3) is 0 Å². The Balaban J connectivity index is 1.69. The molecule has 116 valence electrons. The van der Waals surface area contributed by atoms with Gasteiger partial charge in [0.1, 0.15) is 0 Å². The summed E-state index contributed by atoms with van der Waals surface area (Å²) < 4.78 is 0. The van der Waals surface area contributed by atoms with Gasteiger partial charge in [0.15, 0.2) is 11.6 Å². The summed E-state index contributed by atoms with van der Waals surface area (Å²) in [7, 11) is 0. The van der Waals surface area contributed by atoms with E-state index in [2.05, 4.69) is 13.8 Å². The summed E-state index contributed by atoms with van der Waals surface area (Å²) in [5.41, 5.74) is 2.88. The molecule has 0 aromatic heterocycles. The second kappa shape index (κ2) is 3.64. The molecule has 5 aliphatic rings. The number of carbonyl (C=O) groups is 2. The van der Waals surface area contributed by atoms with Crippen LogP contribution < -0.4 is 0 Å². The highest BCUT2D eigenvalue weighted by Crippen LogP contribution is 2.77. The number of allylic oxidation sites excluding steroid dienone is 4. The van der Waals surface area contributed by atoms with Crippen LogP contribution in [0.4, 0.5) is 0 Å². The van der Waals surface area contributed by atoms with Gasteiger partial charge in [0.05, 0.1) is 0 Å². The van der Waals surface area contributed by atoms with Crippen LogP contribution in [0.15, 0.2) is 23.3 Å². The molecule has 2 saturated carbocycles. The first-order valence-electron chi connectivity index (χ1n) is 8.55. The lowest BCUT2D eigenvalue weighted by molar-refractivity contribution is -0.129. The van der Waals surface area contributed by atoms with Gasteiger partial charge in [0, 0.05) is 23.9 Å². The van der Waals surface area contributed by atoms with Crippen molar-refractivity contribution in [1.29, 1.82) is 0 Å². The first-order valence-corrected chi connectivity index (χ1v) is 8.55. The van der Waals surface area contributed by atoms with E-state index in [0.29, 0.717) is 5.92 Å². The summed E-state index contributed by atoms with van der Waals surface area (Å²) in [4.78, 5) is 24.8. The molecule has 0 aliphatic heterocycles. The SMILES string of the molecule is C[C@@]12CC[C@@H](C3=C1[C@H]1C[C@H]3[C@@H]3C(=O)C=CC(=O)[C@@H]31)[C@@]2(C)CO. The first kappa shape index (κ1) is 13.2. The van der Waals surface area contributed by atoms with Gasteiger partial charge >= 0.3 is 0 Å². The quantitative estimate of drug-likeness (QED) is 0.597. The van der Waals surface area contributed by atoms with Crippen LogP contribution in [-0.2, 0) is 9.59 Å². The molecule has 5 aliphatic carbocycles. The molecular weight excluding hydrogens is 276 g/mol. The molecule has 7 atom stereocenters. The van der Waals surface area contributed by atoms with E-state index in [4.69, 9.17) is 0 Å². The third-order valence-corrected chi connectivity index (χ3v) is 8.17. The van der Waals surface area contributed by atoms with Crippen LogP contribution in [0.2, 0.25) is 0 Å². The van der Waals surface area contributed by atoms with Crippen molar-refractivity contribution in [2.75, 3.05) is 6.61 Å². The Labute approximate surface area is 130 Å². The summed E-state index contributed by atoms with van der Waals surface area (Å²) in [6.07, 6.45) is 6.25. The van der Waals surface area contributed by atoms with Crippen molar-refractivity contribution in [3.63, 3.8) is 0 Å². The zero-order chi connectivity index (χ0) is 15.4. The molecule has 0 heterocycles. The molecule has 3 heteroatoms. The van der Waals surface area contributed by atoms with E-state index in [-0.39, 0.29) is 52.7 Å². The summed E-state index contributed by atoms with van der Waals surface area (Å²) in [6, 6.07) is 0. The van der Waals surface area contributed by atoms with Crippen LogP contribution >= 0.6 is 0 Å². The fraction of sp³-hybridized carbons (Fsp3) is 0.684. The van der Waals surface area contributed by atoms with Crippen molar-refractivity contribution in [3.8, 4) is 0 Å². The van der Waals surface area contributed by atoms with Gasteiger partial charge in [-0.05, 0) is 54.6 Å². The second-order valence-electron chi connectivity index (χ2n) is 8.51. The van der Waals surface area contributed by atoms with Crippen LogP contribution in [0.1, 0.15) is 33.1 Å². The van der Waals surface area contributed by atoms with Crippen LogP contribution in [0.5, 0.6) is 0 Å². The van der Waals surface area contributed by atoms with Gasteiger partial charge in [-0.3, -0.25) is 9.59 Å². The van der Waals surface area contributed by atoms with Crippen molar-refractivity contribution >= 4 is 11.6 Å². The van der Waals surface area contributed by atoms with E-state index in [9.17, 15) is 14.7 Å². The van der Waals surface area contributed by atoms with E-state index < -0.39 is 0 Å². The maximum atomic E-state index is 12.4. The van der Waals surface area contributed by atoms with E-state index in [1.165, 1.54) is 23.3 Å². The van der Waals surface area contributed by atoms with Crippen molar-refractivity contribution in [3.05, 3.63) is 23.3 Å². The topological polar surface area (TPSA) is 54.4 Å². The fourth-order valence-corrected chi connectivity index (χ4v) is 7.06. The lowest BCUT2D eigenvalue weighted by Crippen LogP contribution is -2.41. The maximum Gasteiger partial charge on any atom is 0.160 e. The highest BCUT2D eigenvalue weighted by molar-refractivity contribution is 6.08. The number of hydrogen-bond donors (Lipinski definition) is 1. The molecule has 4 bridgehead atoms. The molecule has 0 unspecified atom stereocenters. The molecule has 3 nitrogen and oxygen atoms in total. The Morgan fingerprint density at radius 2 is 1.77 bits per heavy atom. The molecule has 22 heavy (non-hydrogen) atoms. The zero-order valence-corrected chi connectivity index (χ0v) is 13.1. The molecule has 0 amide bonds. The normalized spacial score (nSPS) is 54.4. The average Bonchev–Trinajstić information content (AvgIpc) is 3.18. The van der Waals surface area contributed by atoms with Crippen LogP contribution in [-0.4, -0.2) is 23.3 Å². The standard InChI is InChI=1S/C19H22O3/c1-18-6-5-11(19(18,2)8-20)14-9-7-10(17(14)18)16-13(22)4-3-12(21)15(9)16/h3-4,9-11,15-16,20H,5-8H2,1-2H3/t9-,10+,11+,15-,16+,18-,19-/m1/s1. The number of carbonyl (C=O) groups excluding carboxylic acids is 2. The Hall–Kier alpha value is -1.22. The molecule has 5 rings (SSSR count). The fourth-order valence-electron chi connectivity index (χ4n) is 7.06. The van der Waals surface area contributed by atoms with Crippen molar-refractivity contribution in [2.24, 2.45) is 40.4 Å². The third kappa shape index (κ3) is 1.09. The number of hydrogen-bond acceptors (Lipinski definition) is 3. The highest BCUT2D eigenvalue weighted by Gasteiger charge is 2.71. The minimum absolute atomic E-state index is 0.0244. The van der Waals surface area contributed by atoms with Gasteiger partial charge in [-0.25, -0.2) is 0 Å². The summed E-state index contributed by atoms with van der Waals surface area (Å²) in [5, 5.41) is 10.1. The molecular formula is C19H22O3. The summed E-state index contributed by atoms with van der Waals surface area (Å²) in [6.45, 7) is 4.72. The predicted molar refractivity (Wildman–Crippen MR) is 80.8 cm³/mol. The van der Waals surface area contributed by atoms with Crippen LogP contribution in [0.3, 0.4) is 0 Å². The van der Waals surface area contributed by atoms with Gasteiger partial charge < -0.3 is 5.11 Å².